The van der Waals surface area contributed by atoms with Crippen LogP contribution in [-0.2, 0) is 4.79 Å². The van der Waals surface area contributed by atoms with Gasteiger partial charge in [0.1, 0.15) is 5.78 Å². The summed E-state index contributed by atoms with van der Waals surface area (Å²) in [6.07, 6.45) is 2.00. The number of carbonyl (C=O) groups is 1. The van der Waals surface area contributed by atoms with Crippen LogP contribution in [0.15, 0.2) is 0 Å². The maximum Gasteiger partial charge on any atom is 0.139 e. The van der Waals surface area contributed by atoms with E-state index in [0.717, 1.165) is 12.8 Å². The largest absolute Gasteiger partial charge is 0.330 e. The lowest BCUT2D eigenvalue weighted by Crippen LogP contribution is -2.27. The van der Waals surface area contributed by atoms with E-state index in [1.54, 1.807) is 0 Å². The standard InChI is InChI=1S/C9H16N2O/c10-3-5-1-7-6(4-11)2-8(5)9(7)12/h5-8H,1-4,10-11H2. The van der Waals surface area contributed by atoms with Gasteiger partial charge in [-0.15, -0.1) is 0 Å². The number of hydrogen-bond acceptors (Lipinski definition) is 3. The molecule has 0 aromatic heterocycles. The topological polar surface area (TPSA) is 69.1 Å². The quantitative estimate of drug-likeness (QED) is 0.597. The fraction of sp³-hybridized carbons (Fsp3) is 0.889. The lowest BCUT2D eigenvalue weighted by atomic mass is 9.82. The normalized spacial score (nSPS) is 45.7. The zero-order valence-electron chi connectivity index (χ0n) is 7.20. The molecule has 2 bridgehead atoms. The molecule has 2 saturated carbocycles. The maximum atomic E-state index is 11.6. The Morgan fingerprint density at radius 3 is 1.75 bits per heavy atom. The van der Waals surface area contributed by atoms with E-state index in [0.29, 0.717) is 30.7 Å². The molecule has 0 saturated heterocycles. The molecule has 2 aliphatic rings. The summed E-state index contributed by atoms with van der Waals surface area (Å²) in [6.45, 7) is 1.34. The Morgan fingerprint density at radius 1 is 1.08 bits per heavy atom. The third-order valence-electron chi connectivity index (χ3n) is 3.59. The molecule has 4 atom stereocenters. The molecule has 0 amide bonds. The summed E-state index contributed by atoms with van der Waals surface area (Å²) in [7, 11) is 0. The van der Waals surface area contributed by atoms with Gasteiger partial charge < -0.3 is 11.5 Å². The first-order valence-corrected chi connectivity index (χ1v) is 4.71. The van der Waals surface area contributed by atoms with Crippen molar-refractivity contribution in [1.82, 2.24) is 0 Å². The second-order valence-electron chi connectivity index (χ2n) is 4.08. The molecule has 0 radical (unpaired) electrons. The van der Waals surface area contributed by atoms with Gasteiger partial charge in [0.2, 0.25) is 0 Å². The number of carbonyl (C=O) groups excluding carboxylic acids is 1. The van der Waals surface area contributed by atoms with Gasteiger partial charge in [-0.25, -0.2) is 0 Å². The van der Waals surface area contributed by atoms with E-state index in [9.17, 15) is 4.79 Å². The number of fused-ring (bicyclic) bond motifs is 2. The summed E-state index contributed by atoms with van der Waals surface area (Å²) < 4.78 is 0. The Labute approximate surface area is 72.5 Å². The van der Waals surface area contributed by atoms with Crippen LogP contribution in [0, 0.1) is 23.7 Å². The highest BCUT2D eigenvalue weighted by Gasteiger charge is 2.51. The van der Waals surface area contributed by atoms with Crippen LogP contribution < -0.4 is 11.5 Å². The summed E-state index contributed by atoms with van der Waals surface area (Å²) in [5, 5.41) is 0. The second kappa shape index (κ2) is 2.82. The summed E-state index contributed by atoms with van der Waals surface area (Å²) >= 11 is 0. The van der Waals surface area contributed by atoms with Crippen LogP contribution in [0.5, 0.6) is 0 Å². The number of Topliss-reactive ketones (excluding diaryl/α,β-unsaturated/α-hetero) is 1. The van der Waals surface area contributed by atoms with Crippen LogP contribution in [0.3, 0.4) is 0 Å². The molecule has 2 rings (SSSR count). The smallest absolute Gasteiger partial charge is 0.139 e. The summed E-state index contributed by atoms with van der Waals surface area (Å²) in [4.78, 5) is 11.6. The van der Waals surface area contributed by atoms with E-state index in [1.807, 2.05) is 0 Å². The van der Waals surface area contributed by atoms with Crippen molar-refractivity contribution < 1.29 is 4.79 Å². The molecule has 0 spiro atoms. The van der Waals surface area contributed by atoms with E-state index < -0.39 is 0 Å². The predicted octanol–water partition coefficient (Wildman–Crippen LogP) is -0.255. The summed E-state index contributed by atoms with van der Waals surface area (Å²) in [5.41, 5.74) is 11.2. The monoisotopic (exact) mass is 168 g/mol. The average molecular weight is 168 g/mol. The van der Waals surface area contributed by atoms with Gasteiger partial charge in [0, 0.05) is 11.8 Å². The van der Waals surface area contributed by atoms with Crippen molar-refractivity contribution in [2.24, 2.45) is 35.1 Å². The highest BCUT2D eigenvalue weighted by Crippen LogP contribution is 2.48. The molecule has 3 nitrogen and oxygen atoms in total. The molecule has 12 heavy (non-hydrogen) atoms. The van der Waals surface area contributed by atoms with E-state index in [2.05, 4.69) is 0 Å². The highest BCUT2D eigenvalue weighted by atomic mass is 16.1. The van der Waals surface area contributed by atoms with Crippen molar-refractivity contribution in [2.75, 3.05) is 13.1 Å². The zero-order valence-corrected chi connectivity index (χ0v) is 7.20. The molecule has 68 valence electrons. The van der Waals surface area contributed by atoms with Gasteiger partial charge in [-0.3, -0.25) is 4.79 Å². The number of ketones is 1. The first-order valence-electron chi connectivity index (χ1n) is 4.71. The van der Waals surface area contributed by atoms with Crippen LogP contribution in [0.2, 0.25) is 0 Å². The SMILES string of the molecule is NCC1CC2C(=O)C1CC2CN. The van der Waals surface area contributed by atoms with Crippen LogP contribution in [0.1, 0.15) is 12.8 Å². The summed E-state index contributed by atoms with van der Waals surface area (Å²) in [5.74, 6) is 1.89. The molecular formula is C9H16N2O. The third-order valence-corrected chi connectivity index (χ3v) is 3.59. The predicted molar refractivity (Wildman–Crippen MR) is 46.3 cm³/mol. The lowest BCUT2D eigenvalue weighted by molar-refractivity contribution is -0.122. The fourth-order valence-electron chi connectivity index (χ4n) is 2.86. The minimum Gasteiger partial charge on any atom is -0.330 e. The molecule has 0 aliphatic heterocycles. The highest BCUT2D eigenvalue weighted by molar-refractivity contribution is 5.88. The van der Waals surface area contributed by atoms with E-state index in [4.69, 9.17) is 11.5 Å². The zero-order chi connectivity index (χ0) is 8.72. The molecule has 0 heterocycles. The Hall–Kier alpha value is -0.410. The fourth-order valence-corrected chi connectivity index (χ4v) is 2.86. The molecule has 0 aromatic rings. The molecular weight excluding hydrogens is 152 g/mol. The van der Waals surface area contributed by atoms with E-state index >= 15 is 0 Å². The van der Waals surface area contributed by atoms with Crippen molar-refractivity contribution >= 4 is 5.78 Å². The van der Waals surface area contributed by atoms with Crippen molar-refractivity contribution in [2.45, 2.75) is 12.8 Å². The number of hydrogen-bond donors (Lipinski definition) is 2. The Morgan fingerprint density at radius 2 is 1.50 bits per heavy atom. The van der Waals surface area contributed by atoms with Crippen LogP contribution >= 0.6 is 0 Å². The molecule has 0 aromatic carbocycles. The molecule has 4 N–H and O–H groups in total. The Bertz CT molecular complexity index is 185. The van der Waals surface area contributed by atoms with Crippen LogP contribution in [0.25, 0.3) is 0 Å². The molecule has 3 heteroatoms. The van der Waals surface area contributed by atoms with Gasteiger partial charge in [0.25, 0.3) is 0 Å². The Kier molecular flexibility index (Phi) is 1.93. The first-order chi connectivity index (χ1) is 5.77. The number of rotatable bonds is 2. The van der Waals surface area contributed by atoms with Gasteiger partial charge >= 0.3 is 0 Å². The number of nitrogens with two attached hydrogens (primary N) is 2. The Balaban J connectivity index is 2.12. The summed E-state index contributed by atoms with van der Waals surface area (Å²) in [6, 6.07) is 0. The first kappa shape index (κ1) is 8.20. The minimum atomic E-state index is 0.258. The van der Waals surface area contributed by atoms with Crippen molar-refractivity contribution in [1.29, 1.82) is 0 Å². The van der Waals surface area contributed by atoms with Gasteiger partial charge in [0.05, 0.1) is 0 Å². The van der Waals surface area contributed by atoms with E-state index in [-0.39, 0.29) is 11.8 Å². The van der Waals surface area contributed by atoms with Crippen LogP contribution in [0.4, 0.5) is 0 Å². The van der Waals surface area contributed by atoms with Crippen molar-refractivity contribution in [3.63, 3.8) is 0 Å². The van der Waals surface area contributed by atoms with E-state index in [1.165, 1.54) is 0 Å². The van der Waals surface area contributed by atoms with Crippen molar-refractivity contribution in [3.8, 4) is 0 Å². The van der Waals surface area contributed by atoms with Gasteiger partial charge in [-0.2, -0.15) is 0 Å². The van der Waals surface area contributed by atoms with Crippen LogP contribution in [-0.4, -0.2) is 18.9 Å². The lowest BCUT2D eigenvalue weighted by Gasteiger charge is -2.23. The molecule has 4 unspecified atom stereocenters. The van der Waals surface area contributed by atoms with Gasteiger partial charge in [-0.1, -0.05) is 0 Å². The van der Waals surface area contributed by atoms with Gasteiger partial charge in [0.15, 0.2) is 0 Å². The molecule has 2 fully saturated rings. The average Bonchev–Trinajstić information content (AvgIpc) is 2.58. The maximum absolute atomic E-state index is 11.6. The third kappa shape index (κ3) is 0.930. The van der Waals surface area contributed by atoms with Gasteiger partial charge in [-0.05, 0) is 37.8 Å². The minimum absolute atomic E-state index is 0.258. The molecule has 2 aliphatic carbocycles. The van der Waals surface area contributed by atoms with Crippen molar-refractivity contribution in [3.05, 3.63) is 0 Å². The second-order valence-corrected chi connectivity index (χ2v) is 4.08.